The van der Waals surface area contributed by atoms with Crippen LogP contribution in [0.4, 0.5) is 5.13 Å². The van der Waals surface area contributed by atoms with Gasteiger partial charge in [0.2, 0.25) is 0 Å². The first-order chi connectivity index (χ1) is 7.33. The molecule has 4 nitrogen and oxygen atoms in total. The summed E-state index contributed by atoms with van der Waals surface area (Å²) in [6.45, 7) is 1.93. The van der Waals surface area contributed by atoms with E-state index in [-0.39, 0.29) is 0 Å². The first-order valence-corrected chi connectivity index (χ1v) is 5.86. The summed E-state index contributed by atoms with van der Waals surface area (Å²) in [5.74, 6) is 0. The molecule has 2 aromatic heterocycles. The van der Waals surface area contributed by atoms with Crippen molar-refractivity contribution in [2.45, 2.75) is 12.5 Å². The molecule has 2 N–H and O–H groups in total. The monoisotopic (exact) mass is 220 g/mol. The van der Waals surface area contributed by atoms with E-state index < -0.39 is 0 Å². The van der Waals surface area contributed by atoms with E-state index in [2.05, 4.69) is 14.9 Å². The summed E-state index contributed by atoms with van der Waals surface area (Å²) < 4.78 is 0. The standard InChI is InChI=1S/C10H12N4S/c11-7-3-5-14(6-7)10-13-8-2-1-4-12-9(8)15-10/h1-2,4,7H,3,5-6,11H2. The fourth-order valence-corrected chi connectivity index (χ4v) is 2.80. The molecule has 1 aliphatic rings. The molecule has 0 amide bonds. The van der Waals surface area contributed by atoms with E-state index in [1.807, 2.05) is 12.1 Å². The Morgan fingerprint density at radius 1 is 1.53 bits per heavy atom. The Labute approximate surface area is 91.7 Å². The van der Waals surface area contributed by atoms with Crippen LogP contribution >= 0.6 is 11.3 Å². The van der Waals surface area contributed by atoms with Crippen molar-refractivity contribution in [3.63, 3.8) is 0 Å². The molecule has 78 valence electrons. The molecule has 0 aromatic carbocycles. The van der Waals surface area contributed by atoms with Crippen LogP contribution in [-0.2, 0) is 0 Å². The summed E-state index contributed by atoms with van der Waals surface area (Å²) in [7, 11) is 0. The van der Waals surface area contributed by atoms with Crippen LogP contribution in [-0.4, -0.2) is 29.1 Å². The summed E-state index contributed by atoms with van der Waals surface area (Å²) in [4.78, 5) is 12.1. The topological polar surface area (TPSA) is 55.0 Å². The van der Waals surface area contributed by atoms with Crippen molar-refractivity contribution in [1.29, 1.82) is 0 Å². The highest BCUT2D eigenvalue weighted by molar-refractivity contribution is 7.21. The minimum atomic E-state index is 0.296. The molecule has 0 bridgehead atoms. The van der Waals surface area contributed by atoms with Gasteiger partial charge in [-0.15, -0.1) is 0 Å². The molecule has 0 aliphatic carbocycles. The molecular formula is C10H12N4S. The second kappa shape index (κ2) is 3.43. The van der Waals surface area contributed by atoms with E-state index >= 15 is 0 Å². The Bertz CT molecular complexity index is 448. The molecule has 3 heterocycles. The molecule has 1 atom stereocenters. The lowest BCUT2D eigenvalue weighted by Gasteiger charge is -2.12. The largest absolute Gasteiger partial charge is 0.346 e. The zero-order valence-electron chi connectivity index (χ0n) is 8.26. The maximum atomic E-state index is 5.88. The lowest BCUT2D eigenvalue weighted by Crippen LogP contribution is -2.26. The number of thiazole rings is 1. The van der Waals surface area contributed by atoms with Gasteiger partial charge in [-0.3, -0.25) is 0 Å². The van der Waals surface area contributed by atoms with Gasteiger partial charge in [0, 0.05) is 25.3 Å². The minimum Gasteiger partial charge on any atom is -0.346 e. The Morgan fingerprint density at radius 2 is 2.47 bits per heavy atom. The maximum Gasteiger partial charge on any atom is 0.188 e. The quantitative estimate of drug-likeness (QED) is 0.785. The Morgan fingerprint density at radius 3 is 3.20 bits per heavy atom. The van der Waals surface area contributed by atoms with Gasteiger partial charge in [-0.05, 0) is 18.6 Å². The summed E-state index contributed by atoms with van der Waals surface area (Å²) in [6, 6.07) is 4.21. The third-order valence-corrected chi connectivity index (χ3v) is 3.69. The molecular weight excluding hydrogens is 208 g/mol. The van der Waals surface area contributed by atoms with E-state index in [9.17, 15) is 0 Å². The number of nitrogens with zero attached hydrogens (tertiary/aromatic N) is 3. The zero-order valence-corrected chi connectivity index (χ0v) is 9.07. The molecule has 3 rings (SSSR count). The minimum absolute atomic E-state index is 0.296. The van der Waals surface area contributed by atoms with Crippen molar-refractivity contribution in [3.8, 4) is 0 Å². The van der Waals surface area contributed by atoms with Crippen molar-refractivity contribution in [1.82, 2.24) is 9.97 Å². The molecule has 15 heavy (non-hydrogen) atoms. The zero-order chi connectivity index (χ0) is 10.3. The van der Waals surface area contributed by atoms with Crippen molar-refractivity contribution >= 4 is 26.8 Å². The van der Waals surface area contributed by atoms with E-state index in [1.54, 1.807) is 17.5 Å². The van der Waals surface area contributed by atoms with Crippen molar-refractivity contribution < 1.29 is 0 Å². The second-order valence-electron chi connectivity index (χ2n) is 3.82. The fraction of sp³-hybridized carbons (Fsp3) is 0.400. The van der Waals surface area contributed by atoms with E-state index in [0.29, 0.717) is 6.04 Å². The molecule has 1 fully saturated rings. The second-order valence-corrected chi connectivity index (χ2v) is 4.77. The number of aromatic nitrogens is 2. The van der Waals surface area contributed by atoms with E-state index in [1.165, 1.54) is 0 Å². The van der Waals surface area contributed by atoms with Crippen molar-refractivity contribution in [2.24, 2.45) is 5.73 Å². The van der Waals surface area contributed by atoms with Crippen LogP contribution in [0.3, 0.4) is 0 Å². The predicted molar refractivity (Wildman–Crippen MR) is 62.2 cm³/mol. The molecule has 1 unspecified atom stereocenters. The number of rotatable bonds is 1. The maximum absolute atomic E-state index is 5.88. The van der Waals surface area contributed by atoms with E-state index in [4.69, 9.17) is 5.73 Å². The van der Waals surface area contributed by atoms with Gasteiger partial charge in [0.1, 0.15) is 10.3 Å². The fourth-order valence-electron chi connectivity index (χ4n) is 1.85. The Balaban J connectivity index is 1.98. The van der Waals surface area contributed by atoms with Gasteiger partial charge in [0.15, 0.2) is 5.13 Å². The van der Waals surface area contributed by atoms with Crippen molar-refractivity contribution in [3.05, 3.63) is 18.3 Å². The Hall–Kier alpha value is -1.20. The Kier molecular flexibility index (Phi) is 2.07. The average Bonchev–Trinajstić information content (AvgIpc) is 2.82. The number of fused-ring (bicyclic) bond motifs is 1. The summed E-state index contributed by atoms with van der Waals surface area (Å²) >= 11 is 1.64. The highest BCUT2D eigenvalue weighted by atomic mass is 32.1. The summed E-state index contributed by atoms with van der Waals surface area (Å²) in [5, 5.41) is 1.05. The van der Waals surface area contributed by atoms with Gasteiger partial charge < -0.3 is 10.6 Å². The van der Waals surface area contributed by atoms with Crippen molar-refractivity contribution in [2.75, 3.05) is 18.0 Å². The van der Waals surface area contributed by atoms with Crippen LogP contribution in [0, 0.1) is 0 Å². The first-order valence-electron chi connectivity index (χ1n) is 5.05. The predicted octanol–water partition coefficient (Wildman–Crippen LogP) is 1.23. The molecule has 1 saturated heterocycles. The van der Waals surface area contributed by atoms with Crippen LogP contribution in [0.15, 0.2) is 18.3 Å². The number of anilines is 1. The lowest BCUT2D eigenvalue weighted by molar-refractivity contribution is 0.752. The van der Waals surface area contributed by atoms with Crippen LogP contribution in [0.5, 0.6) is 0 Å². The highest BCUT2D eigenvalue weighted by Crippen LogP contribution is 2.28. The van der Waals surface area contributed by atoms with Crippen LogP contribution in [0.25, 0.3) is 10.3 Å². The third-order valence-electron chi connectivity index (χ3n) is 2.65. The smallest absolute Gasteiger partial charge is 0.188 e. The lowest BCUT2D eigenvalue weighted by atomic mass is 10.3. The van der Waals surface area contributed by atoms with Gasteiger partial charge in [-0.25, -0.2) is 9.97 Å². The van der Waals surface area contributed by atoms with Gasteiger partial charge in [-0.1, -0.05) is 11.3 Å². The molecule has 1 aliphatic heterocycles. The van der Waals surface area contributed by atoms with Crippen LogP contribution < -0.4 is 10.6 Å². The molecule has 0 saturated carbocycles. The van der Waals surface area contributed by atoms with Gasteiger partial charge in [0.05, 0.1) is 0 Å². The van der Waals surface area contributed by atoms with Crippen LogP contribution in [0.2, 0.25) is 0 Å². The molecule has 0 spiro atoms. The first kappa shape index (κ1) is 9.06. The summed E-state index contributed by atoms with van der Waals surface area (Å²) in [6.07, 6.45) is 2.86. The number of pyridine rings is 1. The van der Waals surface area contributed by atoms with Gasteiger partial charge in [0.25, 0.3) is 0 Å². The van der Waals surface area contributed by atoms with Gasteiger partial charge >= 0.3 is 0 Å². The van der Waals surface area contributed by atoms with Crippen LogP contribution in [0.1, 0.15) is 6.42 Å². The SMILES string of the molecule is NC1CCN(c2nc3cccnc3s2)C1. The highest BCUT2D eigenvalue weighted by Gasteiger charge is 2.21. The van der Waals surface area contributed by atoms with E-state index in [0.717, 1.165) is 35.0 Å². The number of hydrogen-bond donors (Lipinski definition) is 1. The molecule has 0 radical (unpaired) electrons. The van der Waals surface area contributed by atoms with Gasteiger partial charge in [-0.2, -0.15) is 0 Å². The number of hydrogen-bond acceptors (Lipinski definition) is 5. The molecule has 2 aromatic rings. The average molecular weight is 220 g/mol. The summed E-state index contributed by atoms with van der Waals surface area (Å²) in [5.41, 5.74) is 6.86. The molecule has 5 heteroatoms. The number of nitrogens with two attached hydrogens (primary N) is 1. The normalized spacial score (nSPS) is 21.4. The third kappa shape index (κ3) is 1.57.